The number of methoxy groups -OCH3 is 1. The van der Waals surface area contributed by atoms with Gasteiger partial charge < -0.3 is 20.3 Å². The fraction of sp³-hybridized carbons (Fsp3) is 0.500. The highest BCUT2D eigenvalue weighted by Gasteiger charge is 2.21. The maximum atomic E-state index is 13.8. The van der Waals surface area contributed by atoms with Gasteiger partial charge in [0.05, 0.1) is 18.5 Å². The first-order valence-electron chi connectivity index (χ1n) is 9.56. The van der Waals surface area contributed by atoms with Gasteiger partial charge in [-0.3, -0.25) is 9.67 Å². The lowest BCUT2D eigenvalue weighted by molar-refractivity contribution is 0.181. The molecule has 0 bridgehead atoms. The van der Waals surface area contributed by atoms with Gasteiger partial charge in [-0.15, -0.1) is 24.0 Å². The Kier molecular flexibility index (Phi) is 9.15. The van der Waals surface area contributed by atoms with Crippen molar-refractivity contribution in [2.24, 2.45) is 12.0 Å². The minimum Gasteiger partial charge on any atom is -0.380 e. The van der Waals surface area contributed by atoms with Gasteiger partial charge >= 0.3 is 0 Å². The van der Waals surface area contributed by atoms with E-state index in [-0.39, 0.29) is 36.4 Å². The van der Waals surface area contributed by atoms with E-state index in [1.54, 1.807) is 20.2 Å². The Labute approximate surface area is 188 Å². The van der Waals surface area contributed by atoms with Crippen LogP contribution in [-0.2, 0) is 24.9 Å². The van der Waals surface area contributed by atoms with Crippen molar-refractivity contribution in [1.82, 2.24) is 20.4 Å². The second kappa shape index (κ2) is 11.3. The van der Waals surface area contributed by atoms with Crippen LogP contribution in [0.15, 0.2) is 35.6 Å². The zero-order chi connectivity index (χ0) is 19.9. The van der Waals surface area contributed by atoms with Crippen molar-refractivity contribution in [2.75, 3.05) is 32.1 Å². The van der Waals surface area contributed by atoms with Gasteiger partial charge in [-0.25, -0.2) is 4.39 Å². The number of ether oxygens (including phenoxy) is 1. The van der Waals surface area contributed by atoms with Crippen LogP contribution in [0.5, 0.6) is 0 Å². The van der Waals surface area contributed by atoms with Crippen LogP contribution in [-0.4, -0.2) is 49.0 Å². The Morgan fingerprint density at radius 1 is 1.41 bits per heavy atom. The number of rotatable bonds is 6. The summed E-state index contributed by atoms with van der Waals surface area (Å²) in [5.74, 6) is 0.501. The summed E-state index contributed by atoms with van der Waals surface area (Å²) < 4.78 is 20.6. The molecule has 3 rings (SSSR count). The quantitative estimate of drug-likeness (QED) is 0.351. The van der Waals surface area contributed by atoms with Crippen molar-refractivity contribution < 1.29 is 9.13 Å². The van der Waals surface area contributed by atoms with Crippen molar-refractivity contribution in [3.8, 4) is 0 Å². The van der Waals surface area contributed by atoms with E-state index >= 15 is 0 Å². The van der Waals surface area contributed by atoms with E-state index in [9.17, 15) is 4.39 Å². The first-order valence-corrected chi connectivity index (χ1v) is 9.56. The molecule has 160 valence electrons. The first-order chi connectivity index (χ1) is 13.6. The number of aromatic nitrogens is 2. The van der Waals surface area contributed by atoms with Crippen molar-refractivity contribution in [2.45, 2.75) is 32.0 Å². The molecule has 1 aliphatic heterocycles. The molecule has 1 saturated heterocycles. The molecule has 1 fully saturated rings. The Bertz CT molecular complexity index is 812. The Balaban J connectivity index is 0.00000300. The average Bonchev–Trinajstić information content (AvgIpc) is 3.14. The molecule has 0 spiro atoms. The summed E-state index contributed by atoms with van der Waals surface area (Å²) in [5, 5.41) is 11.1. The maximum Gasteiger partial charge on any atom is 0.191 e. The van der Waals surface area contributed by atoms with E-state index in [2.05, 4.69) is 25.6 Å². The van der Waals surface area contributed by atoms with Gasteiger partial charge in [0.1, 0.15) is 5.82 Å². The molecule has 2 N–H and O–H groups in total. The summed E-state index contributed by atoms with van der Waals surface area (Å²) in [6.45, 7) is 2.77. The molecule has 1 aromatic carbocycles. The number of halogens is 2. The monoisotopic (exact) mass is 516 g/mol. The first kappa shape index (κ1) is 23.4. The van der Waals surface area contributed by atoms with E-state index in [0.717, 1.165) is 43.1 Å². The molecule has 0 amide bonds. The van der Waals surface area contributed by atoms with Crippen LogP contribution in [0.4, 0.5) is 10.1 Å². The third kappa shape index (κ3) is 6.56. The predicted molar refractivity (Wildman–Crippen MR) is 124 cm³/mol. The van der Waals surface area contributed by atoms with Crippen LogP contribution in [0.25, 0.3) is 0 Å². The van der Waals surface area contributed by atoms with Crippen LogP contribution < -0.4 is 15.5 Å². The van der Waals surface area contributed by atoms with Crippen molar-refractivity contribution in [3.05, 3.63) is 47.5 Å². The van der Waals surface area contributed by atoms with Crippen LogP contribution in [0, 0.1) is 5.82 Å². The molecule has 2 heterocycles. The minimum absolute atomic E-state index is 0. The minimum atomic E-state index is -0.245. The third-order valence-corrected chi connectivity index (χ3v) is 4.91. The fourth-order valence-corrected chi connectivity index (χ4v) is 3.48. The van der Waals surface area contributed by atoms with Gasteiger partial charge in [0, 0.05) is 58.6 Å². The molecular weight excluding hydrogens is 486 g/mol. The SMILES string of the molecule is CN=C(NCc1ccc(F)c(COC)c1)NC1CCCN(c2cnn(C)c2)C1.I. The van der Waals surface area contributed by atoms with Gasteiger partial charge in [0.25, 0.3) is 0 Å². The second-order valence-electron chi connectivity index (χ2n) is 7.09. The van der Waals surface area contributed by atoms with Gasteiger partial charge in [0.15, 0.2) is 5.96 Å². The summed E-state index contributed by atoms with van der Waals surface area (Å²) in [6, 6.07) is 5.38. The smallest absolute Gasteiger partial charge is 0.191 e. The van der Waals surface area contributed by atoms with Crippen LogP contribution >= 0.6 is 24.0 Å². The highest BCUT2D eigenvalue weighted by atomic mass is 127. The number of nitrogens with zero attached hydrogens (tertiary/aromatic N) is 4. The number of hydrogen-bond donors (Lipinski definition) is 2. The van der Waals surface area contributed by atoms with Crippen molar-refractivity contribution in [1.29, 1.82) is 0 Å². The number of guanidine groups is 1. The fourth-order valence-electron chi connectivity index (χ4n) is 3.48. The summed E-state index contributed by atoms with van der Waals surface area (Å²) in [6.07, 6.45) is 6.15. The predicted octanol–water partition coefficient (Wildman–Crippen LogP) is 2.66. The van der Waals surface area contributed by atoms with Crippen molar-refractivity contribution in [3.63, 3.8) is 0 Å². The zero-order valence-electron chi connectivity index (χ0n) is 17.2. The van der Waals surface area contributed by atoms with Crippen LogP contribution in [0.2, 0.25) is 0 Å². The van der Waals surface area contributed by atoms with Crippen LogP contribution in [0.3, 0.4) is 0 Å². The lowest BCUT2D eigenvalue weighted by atomic mass is 10.1. The van der Waals surface area contributed by atoms with Crippen molar-refractivity contribution >= 4 is 35.6 Å². The molecule has 0 radical (unpaired) electrons. The Morgan fingerprint density at radius 3 is 2.93 bits per heavy atom. The lowest BCUT2D eigenvalue weighted by Crippen LogP contribution is -2.51. The van der Waals surface area contributed by atoms with Gasteiger partial charge in [-0.05, 0) is 30.5 Å². The average molecular weight is 516 g/mol. The highest BCUT2D eigenvalue weighted by Crippen LogP contribution is 2.19. The molecule has 1 aliphatic rings. The number of benzene rings is 1. The normalized spacial score (nSPS) is 17.0. The Morgan fingerprint density at radius 2 is 2.24 bits per heavy atom. The number of piperidine rings is 1. The molecule has 29 heavy (non-hydrogen) atoms. The molecule has 1 atom stereocenters. The standard InChI is InChI=1S/C20H29FN6O.HI/c1-22-20(23-10-15-6-7-19(21)16(9-15)14-28-3)25-17-5-4-8-27(12-17)18-11-24-26(2)13-18;/h6-7,9,11,13,17H,4-5,8,10,12,14H2,1-3H3,(H2,22,23,25);1H. The maximum absolute atomic E-state index is 13.8. The molecule has 2 aromatic rings. The van der Waals surface area contributed by atoms with E-state index in [0.29, 0.717) is 18.2 Å². The third-order valence-electron chi connectivity index (χ3n) is 4.91. The lowest BCUT2D eigenvalue weighted by Gasteiger charge is -2.34. The summed E-state index contributed by atoms with van der Waals surface area (Å²) >= 11 is 0. The molecule has 9 heteroatoms. The van der Waals surface area contributed by atoms with E-state index in [1.807, 2.05) is 30.2 Å². The molecule has 0 saturated carbocycles. The number of aliphatic imine (C=N–C) groups is 1. The Hall–Kier alpha value is -1.88. The van der Waals surface area contributed by atoms with Crippen LogP contribution in [0.1, 0.15) is 24.0 Å². The highest BCUT2D eigenvalue weighted by molar-refractivity contribution is 14.0. The van der Waals surface area contributed by atoms with E-state index in [1.165, 1.54) is 6.07 Å². The molecule has 7 nitrogen and oxygen atoms in total. The topological polar surface area (TPSA) is 66.7 Å². The zero-order valence-corrected chi connectivity index (χ0v) is 19.5. The molecule has 1 unspecified atom stereocenters. The number of aryl methyl sites for hydroxylation is 1. The van der Waals surface area contributed by atoms with Gasteiger partial charge in [0.2, 0.25) is 0 Å². The van der Waals surface area contributed by atoms with Gasteiger partial charge in [-0.1, -0.05) is 6.07 Å². The number of hydrogen-bond acceptors (Lipinski definition) is 4. The molecule has 0 aliphatic carbocycles. The molecular formula is C20H30FIN6O. The largest absolute Gasteiger partial charge is 0.380 e. The number of anilines is 1. The van der Waals surface area contributed by atoms with E-state index in [4.69, 9.17) is 4.74 Å². The van der Waals surface area contributed by atoms with Gasteiger partial charge in [-0.2, -0.15) is 5.10 Å². The molecule has 1 aromatic heterocycles. The number of nitrogens with one attached hydrogen (secondary N) is 2. The summed E-state index contributed by atoms with van der Waals surface area (Å²) in [5.41, 5.74) is 2.69. The summed E-state index contributed by atoms with van der Waals surface area (Å²) in [4.78, 5) is 6.68. The van der Waals surface area contributed by atoms with E-state index < -0.39 is 0 Å². The summed E-state index contributed by atoms with van der Waals surface area (Å²) in [7, 11) is 5.26. The second-order valence-corrected chi connectivity index (χ2v) is 7.09.